The lowest BCUT2D eigenvalue weighted by Crippen LogP contribution is -2.17. The summed E-state index contributed by atoms with van der Waals surface area (Å²) >= 11 is 0. The molecule has 0 aliphatic heterocycles. The van der Waals surface area contributed by atoms with Gasteiger partial charge in [-0.05, 0) is 38.1 Å². The van der Waals surface area contributed by atoms with E-state index in [0.717, 1.165) is 6.42 Å². The average molecular weight is 199 g/mol. The van der Waals surface area contributed by atoms with Crippen molar-refractivity contribution in [3.8, 4) is 0 Å². The number of nitrogens with one attached hydrogen (secondary N) is 1. The van der Waals surface area contributed by atoms with Crippen molar-refractivity contribution in [1.29, 1.82) is 0 Å². The highest BCUT2D eigenvalue weighted by molar-refractivity contribution is 5.27. The molecule has 14 heavy (non-hydrogen) atoms. The molecular formula is C11H15F2N. The summed E-state index contributed by atoms with van der Waals surface area (Å²) in [5.41, 5.74) is 0.746. The van der Waals surface area contributed by atoms with Gasteiger partial charge in [0, 0.05) is 11.6 Å². The van der Waals surface area contributed by atoms with Crippen molar-refractivity contribution in [3.05, 3.63) is 34.9 Å². The SMILES string of the molecule is CCC(NC)c1cc(F)c(C)cc1F. The molecule has 3 heteroatoms. The normalized spacial score (nSPS) is 12.9. The van der Waals surface area contributed by atoms with Gasteiger partial charge >= 0.3 is 0 Å². The summed E-state index contributed by atoms with van der Waals surface area (Å²) in [6, 6.07) is 2.39. The highest BCUT2D eigenvalue weighted by Gasteiger charge is 2.14. The Morgan fingerprint density at radius 1 is 1.29 bits per heavy atom. The van der Waals surface area contributed by atoms with Crippen LogP contribution in [0.4, 0.5) is 8.78 Å². The van der Waals surface area contributed by atoms with E-state index in [1.165, 1.54) is 12.1 Å². The molecule has 1 aromatic rings. The van der Waals surface area contributed by atoms with Crippen molar-refractivity contribution in [2.75, 3.05) is 7.05 Å². The topological polar surface area (TPSA) is 12.0 Å². The van der Waals surface area contributed by atoms with Crippen LogP contribution < -0.4 is 5.32 Å². The zero-order valence-electron chi connectivity index (χ0n) is 8.70. The molecular weight excluding hydrogens is 184 g/mol. The number of hydrogen-bond donors (Lipinski definition) is 1. The molecule has 0 radical (unpaired) electrons. The van der Waals surface area contributed by atoms with Gasteiger partial charge in [0.05, 0.1) is 0 Å². The quantitative estimate of drug-likeness (QED) is 0.789. The molecule has 1 nitrogen and oxygen atoms in total. The van der Waals surface area contributed by atoms with Crippen LogP contribution in [0.25, 0.3) is 0 Å². The molecule has 0 amide bonds. The van der Waals surface area contributed by atoms with Crippen LogP contribution in [0.15, 0.2) is 12.1 Å². The van der Waals surface area contributed by atoms with E-state index in [4.69, 9.17) is 0 Å². The maximum absolute atomic E-state index is 13.4. The van der Waals surface area contributed by atoms with Gasteiger partial charge in [0.15, 0.2) is 0 Å². The minimum atomic E-state index is -0.352. The fourth-order valence-corrected chi connectivity index (χ4v) is 1.51. The minimum absolute atomic E-state index is 0.120. The third kappa shape index (κ3) is 2.10. The van der Waals surface area contributed by atoms with E-state index in [1.807, 2.05) is 6.92 Å². The van der Waals surface area contributed by atoms with Crippen LogP contribution in [-0.2, 0) is 0 Å². The molecule has 1 aromatic carbocycles. The Bertz CT molecular complexity index is 319. The van der Waals surface area contributed by atoms with Crippen molar-refractivity contribution in [2.24, 2.45) is 0 Å². The smallest absolute Gasteiger partial charge is 0.128 e. The maximum atomic E-state index is 13.4. The number of hydrogen-bond acceptors (Lipinski definition) is 1. The second-order valence-electron chi connectivity index (χ2n) is 3.37. The molecule has 1 atom stereocenters. The van der Waals surface area contributed by atoms with Crippen molar-refractivity contribution in [2.45, 2.75) is 26.3 Å². The Kier molecular flexibility index (Phi) is 3.58. The molecule has 0 aliphatic carbocycles. The molecule has 0 aliphatic rings. The van der Waals surface area contributed by atoms with Crippen LogP contribution in [0.1, 0.15) is 30.5 Å². The summed E-state index contributed by atoms with van der Waals surface area (Å²) in [4.78, 5) is 0. The van der Waals surface area contributed by atoms with Gasteiger partial charge in [-0.15, -0.1) is 0 Å². The van der Waals surface area contributed by atoms with Gasteiger partial charge in [-0.25, -0.2) is 8.78 Å². The van der Waals surface area contributed by atoms with E-state index < -0.39 is 0 Å². The second-order valence-corrected chi connectivity index (χ2v) is 3.37. The Hall–Kier alpha value is -0.960. The fourth-order valence-electron chi connectivity index (χ4n) is 1.51. The Balaban J connectivity index is 3.14. The van der Waals surface area contributed by atoms with Crippen LogP contribution in [0, 0.1) is 18.6 Å². The summed E-state index contributed by atoms with van der Waals surface area (Å²) in [6.07, 6.45) is 0.732. The number of rotatable bonds is 3. The van der Waals surface area contributed by atoms with Gasteiger partial charge in [0.1, 0.15) is 11.6 Å². The predicted octanol–water partition coefficient (Wildman–Crippen LogP) is 2.94. The van der Waals surface area contributed by atoms with Crippen molar-refractivity contribution < 1.29 is 8.78 Å². The Morgan fingerprint density at radius 2 is 1.93 bits per heavy atom. The van der Waals surface area contributed by atoms with E-state index in [-0.39, 0.29) is 17.7 Å². The second kappa shape index (κ2) is 4.51. The third-order valence-electron chi connectivity index (χ3n) is 2.41. The molecule has 1 unspecified atom stereocenters. The standard InChI is InChI=1S/C11H15F2N/c1-4-11(14-3)8-6-9(12)7(2)5-10(8)13/h5-6,11,14H,4H2,1-3H3. The number of benzene rings is 1. The lowest BCUT2D eigenvalue weighted by molar-refractivity contribution is 0.513. The van der Waals surface area contributed by atoms with E-state index in [2.05, 4.69) is 5.32 Å². The summed E-state index contributed by atoms with van der Waals surface area (Å²) < 4.78 is 26.6. The highest BCUT2D eigenvalue weighted by Crippen LogP contribution is 2.22. The molecule has 0 bridgehead atoms. The zero-order valence-corrected chi connectivity index (χ0v) is 8.70. The first-order valence-electron chi connectivity index (χ1n) is 4.73. The van der Waals surface area contributed by atoms with E-state index in [9.17, 15) is 8.78 Å². The third-order valence-corrected chi connectivity index (χ3v) is 2.41. The molecule has 1 N–H and O–H groups in total. The van der Waals surface area contributed by atoms with Crippen molar-refractivity contribution >= 4 is 0 Å². The molecule has 0 spiro atoms. The van der Waals surface area contributed by atoms with Crippen LogP contribution >= 0.6 is 0 Å². The largest absolute Gasteiger partial charge is 0.313 e. The van der Waals surface area contributed by atoms with Gasteiger partial charge in [0.25, 0.3) is 0 Å². The summed E-state index contributed by atoms with van der Waals surface area (Å²) in [6.45, 7) is 3.49. The number of halogens is 2. The maximum Gasteiger partial charge on any atom is 0.128 e. The molecule has 0 fully saturated rings. The Morgan fingerprint density at radius 3 is 2.43 bits per heavy atom. The molecule has 0 saturated carbocycles. The number of aryl methyl sites for hydroxylation is 1. The van der Waals surface area contributed by atoms with Crippen LogP contribution in [-0.4, -0.2) is 7.05 Å². The average Bonchev–Trinajstić information content (AvgIpc) is 2.15. The monoisotopic (exact) mass is 199 g/mol. The first-order valence-corrected chi connectivity index (χ1v) is 4.73. The van der Waals surface area contributed by atoms with Gasteiger partial charge in [-0.1, -0.05) is 6.92 Å². The van der Waals surface area contributed by atoms with E-state index >= 15 is 0 Å². The summed E-state index contributed by atoms with van der Waals surface area (Å²) in [5, 5.41) is 2.95. The van der Waals surface area contributed by atoms with E-state index in [0.29, 0.717) is 11.1 Å². The van der Waals surface area contributed by atoms with Crippen LogP contribution in [0.5, 0.6) is 0 Å². The molecule has 0 aromatic heterocycles. The molecule has 1 rings (SSSR count). The van der Waals surface area contributed by atoms with Crippen molar-refractivity contribution in [1.82, 2.24) is 5.32 Å². The van der Waals surface area contributed by atoms with Gasteiger partial charge in [0.2, 0.25) is 0 Å². The molecule has 0 saturated heterocycles. The Labute approximate surface area is 83.1 Å². The zero-order chi connectivity index (χ0) is 10.7. The predicted molar refractivity (Wildman–Crippen MR) is 53.2 cm³/mol. The fraction of sp³-hybridized carbons (Fsp3) is 0.455. The van der Waals surface area contributed by atoms with Crippen molar-refractivity contribution in [3.63, 3.8) is 0 Å². The van der Waals surface area contributed by atoms with Gasteiger partial charge < -0.3 is 5.32 Å². The van der Waals surface area contributed by atoms with Crippen LogP contribution in [0.2, 0.25) is 0 Å². The van der Waals surface area contributed by atoms with Gasteiger partial charge in [-0.3, -0.25) is 0 Å². The lowest BCUT2D eigenvalue weighted by atomic mass is 10.0. The van der Waals surface area contributed by atoms with E-state index in [1.54, 1.807) is 14.0 Å². The first kappa shape index (κ1) is 11.1. The van der Waals surface area contributed by atoms with Crippen LogP contribution in [0.3, 0.4) is 0 Å². The minimum Gasteiger partial charge on any atom is -0.313 e. The highest BCUT2D eigenvalue weighted by atomic mass is 19.1. The summed E-state index contributed by atoms with van der Waals surface area (Å²) in [7, 11) is 1.74. The first-order chi connectivity index (χ1) is 6.60. The lowest BCUT2D eigenvalue weighted by Gasteiger charge is -2.15. The van der Waals surface area contributed by atoms with Gasteiger partial charge in [-0.2, -0.15) is 0 Å². The molecule has 0 heterocycles. The summed E-state index contributed by atoms with van der Waals surface area (Å²) in [5.74, 6) is -0.694. The molecule has 78 valence electrons.